The summed E-state index contributed by atoms with van der Waals surface area (Å²) in [5, 5.41) is 4.92. The molecule has 0 aliphatic heterocycles. The lowest BCUT2D eigenvalue weighted by atomic mass is 10.1. The molecule has 0 bridgehead atoms. The van der Waals surface area contributed by atoms with Crippen molar-refractivity contribution in [3.8, 4) is 0 Å². The van der Waals surface area contributed by atoms with Crippen LogP contribution in [0.4, 0.5) is 5.69 Å². The van der Waals surface area contributed by atoms with E-state index in [9.17, 15) is 9.59 Å². The van der Waals surface area contributed by atoms with Crippen LogP contribution >= 0.6 is 11.6 Å². The Morgan fingerprint density at radius 2 is 1.43 bits per heavy atom. The van der Waals surface area contributed by atoms with Crippen LogP contribution in [0.25, 0.3) is 21.8 Å². The number of fused-ring (bicyclic) bond motifs is 2. The first kappa shape index (κ1) is 18.3. The van der Waals surface area contributed by atoms with Crippen LogP contribution in [-0.4, -0.2) is 10.5 Å². The fraction of sp³-hybridized carbons (Fsp3) is 0.130. The Kier molecular flexibility index (Phi) is 5.13. The zero-order chi connectivity index (χ0) is 19.5. The van der Waals surface area contributed by atoms with Crippen LogP contribution in [-0.2, 0) is 11.3 Å². The Hall–Kier alpha value is -3.11. The van der Waals surface area contributed by atoms with Gasteiger partial charge in [0.05, 0.1) is 11.0 Å². The fourth-order valence-electron chi connectivity index (χ4n) is 3.47. The van der Waals surface area contributed by atoms with E-state index in [1.54, 1.807) is 24.3 Å². The summed E-state index contributed by atoms with van der Waals surface area (Å²) in [7, 11) is 0. The van der Waals surface area contributed by atoms with E-state index in [0.717, 1.165) is 16.7 Å². The molecule has 0 saturated carbocycles. The molecule has 0 saturated heterocycles. The molecule has 4 rings (SSSR count). The van der Waals surface area contributed by atoms with E-state index in [2.05, 4.69) is 9.88 Å². The van der Waals surface area contributed by atoms with E-state index < -0.39 is 0 Å². The second kappa shape index (κ2) is 7.87. The predicted molar refractivity (Wildman–Crippen MR) is 115 cm³/mol. The second-order valence-corrected chi connectivity index (χ2v) is 7.11. The maximum Gasteiger partial charge on any atom is 0.224 e. The SMILES string of the molecule is O=C(CCCn1c2ccccc2c(=O)c2ccccc21)Nc1ccc(Cl)cc1. The van der Waals surface area contributed by atoms with E-state index in [-0.39, 0.29) is 11.3 Å². The Labute approximate surface area is 167 Å². The Morgan fingerprint density at radius 1 is 0.857 bits per heavy atom. The lowest BCUT2D eigenvalue weighted by Gasteiger charge is -2.15. The molecule has 140 valence electrons. The number of para-hydroxylation sites is 2. The number of hydrogen-bond acceptors (Lipinski definition) is 2. The molecule has 3 aromatic carbocycles. The summed E-state index contributed by atoms with van der Waals surface area (Å²) in [6.45, 7) is 0.648. The van der Waals surface area contributed by atoms with Gasteiger partial charge < -0.3 is 9.88 Å². The molecule has 28 heavy (non-hydrogen) atoms. The van der Waals surface area contributed by atoms with Crippen LogP contribution in [0.1, 0.15) is 12.8 Å². The quantitative estimate of drug-likeness (QED) is 0.474. The molecule has 1 heterocycles. The minimum Gasteiger partial charge on any atom is -0.340 e. The number of carbonyl (C=O) groups is 1. The Balaban J connectivity index is 1.56. The molecular weight excluding hydrogens is 372 g/mol. The van der Waals surface area contributed by atoms with E-state index >= 15 is 0 Å². The number of halogens is 1. The second-order valence-electron chi connectivity index (χ2n) is 6.67. The summed E-state index contributed by atoms with van der Waals surface area (Å²) in [6.07, 6.45) is 1.05. The largest absolute Gasteiger partial charge is 0.340 e. The number of carbonyl (C=O) groups excluding carboxylic acids is 1. The number of nitrogens with one attached hydrogen (secondary N) is 1. The van der Waals surface area contributed by atoms with Crippen molar-refractivity contribution in [3.63, 3.8) is 0 Å². The van der Waals surface area contributed by atoms with Gasteiger partial charge in [0.2, 0.25) is 5.91 Å². The maximum atomic E-state index is 12.8. The average molecular weight is 391 g/mol. The summed E-state index contributed by atoms with van der Waals surface area (Å²) in [5.41, 5.74) is 2.56. The number of hydrogen-bond donors (Lipinski definition) is 1. The summed E-state index contributed by atoms with van der Waals surface area (Å²) in [5.74, 6) is -0.0445. The first-order valence-electron chi connectivity index (χ1n) is 9.19. The summed E-state index contributed by atoms with van der Waals surface area (Å²) < 4.78 is 2.13. The molecule has 0 aliphatic carbocycles. The Morgan fingerprint density at radius 3 is 2.04 bits per heavy atom. The average Bonchev–Trinajstić information content (AvgIpc) is 2.72. The zero-order valence-corrected chi connectivity index (χ0v) is 15.9. The number of nitrogens with zero attached hydrogens (tertiary/aromatic N) is 1. The molecule has 1 amide bonds. The highest BCUT2D eigenvalue weighted by Gasteiger charge is 2.10. The van der Waals surface area contributed by atoms with E-state index in [1.165, 1.54) is 0 Å². The van der Waals surface area contributed by atoms with Crippen LogP contribution in [0.5, 0.6) is 0 Å². The van der Waals surface area contributed by atoms with Gasteiger partial charge in [0, 0.05) is 34.4 Å². The molecule has 0 fully saturated rings. The molecule has 0 aliphatic rings. The van der Waals surface area contributed by atoms with E-state index in [0.29, 0.717) is 35.2 Å². The molecule has 0 unspecified atom stereocenters. The first-order chi connectivity index (χ1) is 13.6. The molecular formula is C23H19ClN2O2. The highest BCUT2D eigenvalue weighted by atomic mass is 35.5. The van der Waals surface area contributed by atoms with E-state index in [4.69, 9.17) is 11.6 Å². The van der Waals surface area contributed by atoms with E-state index in [1.807, 2.05) is 48.5 Å². The van der Waals surface area contributed by atoms with Crippen molar-refractivity contribution in [1.29, 1.82) is 0 Å². The number of benzene rings is 3. The van der Waals surface area contributed by atoms with Gasteiger partial charge in [-0.2, -0.15) is 0 Å². The maximum absolute atomic E-state index is 12.8. The van der Waals surface area contributed by atoms with Crippen molar-refractivity contribution in [3.05, 3.63) is 88.0 Å². The minimum atomic E-state index is -0.0445. The van der Waals surface area contributed by atoms with Gasteiger partial charge in [0.1, 0.15) is 0 Å². The third-order valence-corrected chi connectivity index (χ3v) is 5.04. The van der Waals surface area contributed by atoms with Gasteiger partial charge >= 0.3 is 0 Å². The Bertz CT molecular complexity index is 1150. The van der Waals surface area contributed by atoms with Crippen molar-refractivity contribution in [2.75, 3.05) is 5.32 Å². The van der Waals surface area contributed by atoms with Crippen molar-refractivity contribution >= 4 is 45.0 Å². The number of aryl methyl sites for hydroxylation is 1. The van der Waals surface area contributed by atoms with Crippen molar-refractivity contribution in [2.45, 2.75) is 19.4 Å². The normalized spacial score (nSPS) is 11.0. The fourth-order valence-corrected chi connectivity index (χ4v) is 3.60. The lowest BCUT2D eigenvalue weighted by Crippen LogP contribution is -2.14. The monoisotopic (exact) mass is 390 g/mol. The minimum absolute atomic E-state index is 0.0444. The molecule has 1 aromatic heterocycles. The third-order valence-electron chi connectivity index (χ3n) is 4.79. The third kappa shape index (κ3) is 3.64. The number of amides is 1. The van der Waals surface area contributed by atoms with Crippen LogP contribution in [0, 0.1) is 0 Å². The molecule has 5 heteroatoms. The highest BCUT2D eigenvalue weighted by molar-refractivity contribution is 6.30. The molecule has 0 radical (unpaired) electrons. The lowest BCUT2D eigenvalue weighted by molar-refractivity contribution is -0.116. The molecule has 4 nitrogen and oxygen atoms in total. The number of aromatic nitrogens is 1. The summed E-state index contributed by atoms with van der Waals surface area (Å²) >= 11 is 5.87. The number of pyridine rings is 1. The van der Waals surface area contributed by atoms with Crippen molar-refractivity contribution in [1.82, 2.24) is 4.57 Å². The standard InChI is InChI=1S/C23H19ClN2O2/c24-16-11-13-17(14-12-16)25-22(27)10-5-15-26-20-8-3-1-6-18(20)23(28)19-7-2-4-9-21(19)26/h1-4,6-9,11-14H,5,10,15H2,(H,25,27). The zero-order valence-electron chi connectivity index (χ0n) is 15.2. The first-order valence-corrected chi connectivity index (χ1v) is 9.57. The highest BCUT2D eigenvalue weighted by Crippen LogP contribution is 2.20. The molecule has 1 N–H and O–H groups in total. The van der Waals surface area contributed by atoms with Crippen molar-refractivity contribution < 1.29 is 4.79 Å². The number of rotatable bonds is 5. The molecule has 4 aromatic rings. The van der Waals surface area contributed by atoms with Gasteiger partial charge in [-0.15, -0.1) is 0 Å². The molecule has 0 atom stereocenters. The van der Waals surface area contributed by atoms with Gasteiger partial charge in [0.15, 0.2) is 5.43 Å². The van der Waals surface area contributed by atoms with Crippen LogP contribution < -0.4 is 10.7 Å². The van der Waals surface area contributed by atoms with Gasteiger partial charge in [-0.05, 0) is 55.0 Å². The van der Waals surface area contributed by atoms with Crippen molar-refractivity contribution in [2.24, 2.45) is 0 Å². The number of anilines is 1. The topological polar surface area (TPSA) is 51.1 Å². The van der Waals surface area contributed by atoms with Crippen LogP contribution in [0.2, 0.25) is 5.02 Å². The van der Waals surface area contributed by atoms with Gasteiger partial charge in [0.25, 0.3) is 0 Å². The summed E-state index contributed by atoms with van der Waals surface area (Å²) in [6, 6.07) is 22.3. The van der Waals surface area contributed by atoms with Gasteiger partial charge in [-0.3, -0.25) is 9.59 Å². The predicted octanol–water partition coefficient (Wildman–Crippen LogP) is 5.23. The summed E-state index contributed by atoms with van der Waals surface area (Å²) in [4.78, 5) is 25.0. The smallest absolute Gasteiger partial charge is 0.224 e. The molecule has 0 spiro atoms. The van der Waals surface area contributed by atoms with Crippen LogP contribution in [0.3, 0.4) is 0 Å². The van der Waals surface area contributed by atoms with Gasteiger partial charge in [-0.1, -0.05) is 35.9 Å². The van der Waals surface area contributed by atoms with Crippen LogP contribution in [0.15, 0.2) is 77.6 Å². The van der Waals surface area contributed by atoms with Gasteiger partial charge in [-0.25, -0.2) is 0 Å².